The van der Waals surface area contributed by atoms with E-state index in [-0.39, 0.29) is 12.5 Å². The average molecular weight is 225 g/mol. The van der Waals surface area contributed by atoms with E-state index in [1.165, 1.54) is 6.20 Å². The summed E-state index contributed by atoms with van der Waals surface area (Å²) in [6, 6.07) is 3.29. The van der Waals surface area contributed by atoms with Gasteiger partial charge < -0.3 is 20.5 Å². The van der Waals surface area contributed by atoms with Gasteiger partial charge in [-0.15, -0.1) is 0 Å². The Bertz CT molecular complexity index is 327. The zero-order valence-corrected chi connectivity index (χ0v) is 9.10. The Hall–Kier alpha value is -1.66. The molecule has 3 N–H and O–H groups in total. The molecule has 1 aromatic rings. The van der Waals surface area contributed by atoms with Crippen molar-refractivity contribution >= 4 is 17.4 Å². The zero-order valence-electron chi connectivity index (χ0n) is 9.10. The fraction of sp³-hybridized carbons (Fsp3) is 0.400. The van der Waals surface area contributed by atoms with Crippen LogP contribution in [0.25, 0.3) is 0 Å². The predicted molar refractivity (Wildman–Crippen MR) is 60.0 cm³/mol. The highest BCUT2D eigenvalue weighted by atomic mass is 16.5. The molecule has 0 aliphatic carbocycles. The second-order valence-corrected chi connectivity index (χ2v) is 3.07. The van der Waals surface area contributed by atoms with E-state index in [0.717, 1.165) is 0 Å². The van der Waals surface area contributed by atoms with E-state index in [1.807, 2.05) is 0 Å². The molecule has 0 atom stereocenters. The molecule has 88 valence electrons. The molecule has 0 fully saturated rings. The predicted octanol–water partition coefficient (Wildman–Crippen LogP) is 0.265. The third kappa shape index (κ3) is 4.72. The monoisotopic (exact) mass is 225 g/mol. The SMILES string of the molecule is COCCOCC(=O)Nc1ccc(N)cn1. The van der Waals surface area contributed by atoms with Gasteiger partial charge in [-0.05, 0) is 12.1 Å². The third-order valence-corrected chi connectivity index (χ3v) is 1.72. The second-order valence-electron chi connectivity index (χ2n) is 3.07. The largest absolute Gasteiger partial charge is 0.397 e. The number of methoxy groups -OCH3 is 1. The lowest BCUT2D eigenvalue weighted by atomic mass is 10.4. The maximum absolute atomic E-state index is 11.3. The van der Waals surface area contributed by atoms with Crippen LogP contribution in [0, 0.1) is 0 Å². The standard InChI is InChI=1S/C10H15N3O3/c1-15-4-5-16-7-10(14)13-9-3-2-8(11)6-12-9/h2-3,6H,4-5,7,11H2,1H3,(H,12,13,14). The number of nitrogens with two attached hydrogens (primary N) is 1. The molecule has 0 aliphatic heterocycles. The molecule has 6 nitrogen and oxygen atoms in total. The van der Waals surface area contributed by atoms with E-state index in [4.69, 9.17) is 15.2 Å². The summed E-state index contributed by atoms with van der Waals surface area (Å²) in [4.78, 5) is 15.2. The van der Waals surface area contributed by atoms with Gasteiger partial charge >= 0.3 is 0 Å². The number of hydrogen-bond donors (Lipinski definition) is 2. The van der Waals surface area contributed by atoms with E-state index in [1.54, 1.807) is 19.2 Å². The lowest BCUT2D eigenvalue weighted by molar-refractivity contribution is -0.121. The molecule has 1 aromatic heterocycles. The first-order chi connectivity index (χ1) is 7.72. The van der Waals surface area contributed by atoms with Gasteiger partial charge in [0.2, 0.25) is 0 Å². The lowest BCUT2D eigenvalue weighted by Crippen LogP contribution is -2.20. The minimum atomic E-state index is -0.256. The number of aromatic nitrogens is 1. The quantitative estimate of drug-likeness (QED) is 0.678. The van der Waals surface area contributed by atoms with Crippen molar-refractivity contribution in [3.63, 3.8) is 0 Å². The molecule has 0 aliphatic rings. The van der Waals surface area contributed by atoms with Crippen molar-refractivity contribution < 1.29 is 14.3 Å². The fourth-order valence-corrected chi connectivity index (χ4v) is 0.965. The zero-order chi connectivity index (χ0) is 11.8. The number of carbonyl (C=O) groups is 1. The first kappa shape index (κ1) is 12.4. The molecule has 6 heteroatoms. The second kappa shape index (κ2) is 6.76. The summed E-state index contributed by atoms with van der Waals surface area (Å²) in [5.41, 5.74) is 6.01. The first-order valence-electron chi connectivity index (χ1n) is 4.80. The van der Waals surface area contributed by atoms with Crippen molar-refractivity contribution in [1.29, 1.82) is 0 Å². The molecule has 1 heterocycles. The normalized spacial score (nSPS) is 10.1. The van der Waals surface area contributed by atoms with Crippen LogP contribution in [0.1, 0.15) is 0 Å². The van der Waals surface area contributed by atoms with Gasteiger partial charge in [0, 0.05) is 7.11 Å². The molecule has 0 saturated heterocycles. The number of nitrogen functional groups attached to an aromatic ring is 1. The minimum absolute atomic E-state index is 0.0184. The topological polar surface area (TPSA) is 86.5 Å². The van der Waals surface area contributed by atoms with Crippen LogP contribution in [-0.2, 0) is 14.3 Å². The van der Waals surface area contributed by atoms with Crippen LogP contribution >= 0.6 is 0 Å². The number of nitrogens with zero attached hydrogens (tertiary/aromatic N) is 1. The van der Waals surface area contributed by atoms with Crippen molar-refractivity contribution in [2.75, 3.05) is 38.0 Å². The molecular weight excluding hydrogens is 210 g/mol. The summed E-state index contributed by atoms with van der Waals surface area (Å²) in [6.07, 6.45) is 1.47. The fourth-order valence-electron chi connectivity index (χ4n) is 0.965. The van der Waals surface area contributed by atoms with Crippen molar-refractivity contribution in [3.8, 4) is 0 Å². The average Bonchev–Trinajstić information content (AvgIpc) is 2.28. The highest BCUT2D eigenvalue weighted by molar-refractivity contribution is 5.90. The van der Waals surface area contributed by atoms with Crippen molar-refractivity contribution in [3.05, 3.63) is 18.3 Å². The number of hydrogen-bond acceptors (Lipinski definition) is 5. The number of nitrogens with one attached hydrogen (secondary N) is 1. The minimum Gasteiger partial charge on any atom is -0.397 e. The van der Waals surface area contributed by atoms with E-state index < -0.39 is 0 Å². The Morgan fingerprint density at radius 3 is 2.94 bits per heavy atom. The number of pyridine rings is 1. The van der Waals surface area contributed by atoms with Gasteiger partial charge in [-0.3, -0.25) is 4.79 Å². The van der Waals surface area contributed by atoms with Crippen LogP contribution in [-0.4, -0.2) is 37.8 Å². The maximum Gasteiger partial charge on any atom is 0.251 e. The molecule has 0 aromatic carbocycles. The molecule has 0 unspecified atom stereocenters. The van der Waals surface area contributed by atoms with E-state index in [9.17, 15) is 4.79 Å². The first-order valence-corrected chi connectivity index (χ1v) is 4.80. The molecule has 0 spiro atoms. The van der Waals surface area contributed by atoms with Crippen molar-refractivity contribution in [2.24, 2.45) is 0 Å². The summed E-state index contributed by atoms with van der Waals surface area (Å²) >= 11 is 0. The molecular formula is C10H15N3O3. The Balaban J connectivity index is 2.26. The molecule has 16 heavy (non-hydrogen) atoms. The Morgan fingerprint density at radius 2 is 2.31 bits per heavy atom. The number of ether oxygens (including phenoxy) is 2. The number of amides is 1. The summed E-state index contributed by atoms with van der Waals surface area (Å²) in [5.74, 6) is 0.197. The highest BCUT2D eigenvalue weighted by Gasteiger charge is 2.02. The van der Waals surface area contributed by atoms with Gasteiger partial charge in [0.05, 0.1) is 25.1 Å². The van der Waals surface area contributed by atoms with Gasteiger partial charge in [-0.1, -0.05) is 0 Å². The number of anilines is 2. The molecule has 1 rings (SSSR count). The highest BCUT2D eigenvalue weighted by Crippen LogP contribution is 2.05. The van der Waals surface area contributed by atoms with Crippen molar-refractivity contribution in [2.45, 2.75) is 0 Å². The van der Waals surface area contributed by atoms with Crippen LogP contribution in [0.3, 0.4) is 0 Å². The summed E-state index contributed by atoms with van der Waals surface area (Å²) in [6.45, 7) is 0.835. The Morgan fingerprint density at radius 1 is 1.50 bits per heavy atom. The van der Waals surface area contributed by atoms with Gasteiger partial charge in [0.15, 0.2) is 0 Å². The lowest BCUT2D eigenvalue weighted by Gasteiger charge is -2.05. The van der Waals surface area contributed by atoms with Gasteiger partial charge in [-0.2, -0.15) is 0 Å². The molecule has 0 bridgehead atoms. The van der Waals surface area contributed by atoms with Crippen molar-refractivity contribution in [1.82, 2.24) is 4.98 Å². The summed E-state index contributed by atoms with van der Waals surface area (Å²) in [5, 5.41) is 2.57. The van der Waals surface area contributed by atoms with Gasteiger partial charge in [0.1, 0.15) is 12.4 Å². The van der Waals surface area contributed by atoms with Crippen LogP contribution in [0.5, 0.6) is 0 Å². The Labute approximate surface area is 93.8 Å². The summed E-state index contributed by atoms with van der Waals surface area (Å²) < 4.78 is 9.81. The van der Waals surface area contributed by atoms with Crippen LogP contribution in [0.2, 0.25) is 0 Å². The van der Waals surface area contributed by atoms with E-state index >= 15 is 0 Å². The Kier molecular flexibility index (Phi) is 5.24. The van der Waals surface area contributed by atoms with E-state index in [2.05, 4.69) is 10.3 Å². The van der Waals surface area contributed by atoms with Gasteiger partial charge in [0.25, 0.3) is 5.91 Å². The van der Waals surface area contributed by atoms with Crippen LogP contribution < -0.4 is 11.1 Å². The third-order valence-electron chi connectivity index (χ3n) is 1.72. The number of rotatable bonds is 6. The van der Waals surface area contributed by atoms with E-state index in [0.29, 0.717) is 24.7 Å². The molecule has 0 radical (unpaired) electrons. The summed E-state index contributed by atoms with van der Waals surface area (Å²) in [7, 11) is 1.57. The maximum atomic E-state index is 11.3. The molecule has 1 amide bonds. The van der Waals surface area contributed by atoms with Gasteiger partial charge in [-0.25, -0.2) is 4.98 Å². The smallest absolute Gasteiger partial charge is 0.251 e. The van der Waals surface area contributed by atoms with Crippen LogP contribution in [0.4, 0.5) is 11.5 Å². The molecule has 0 saturated carbocycles. The number of carbonyl (C=O) groups excluding carboxylic acids is 1. The van der Waals surface area contributed by atoms with Crippen LogP contribution in [0.15, 0.2) is 18.3 Å².